The van der Waals surface area contributed by atoms with E-state index in [1.54, 1.807) is 0 Å². The second-order valence-electron chi connectivity index (χ2n) is 4.19. The molecule has 1 aliphatic carbocycles. The molecule has 0 spiro atoms. The van der Waals surface area contributed by atoms with Crippen LogP contribution in [0.15, 0.2) is 24.0 Å². The van der Waals surface area contributed by atoms with Gasteiger partial charge in [-0.2, -0.15) is 0 Å². The van der Waals surface area contributed by atoms with Crippen molar-refractivity contribution in [2.75, 3.05) is 13.2 Å². The highest BCUT2D eigenvalue weighted by Crippen LogP contribution is 2.27. The number of aliphatic hydroxyl groups excluding tert-OH is 1. The van der Waals surface area contributed by atoms with Gasteiger partial charge in [0.1, 0.15) is 12.4 Å². The first-order valence-electron chi connectivity index (χ1n) is 5.56. The van der Waals surface area contributed by atoms with E-state index in [-0.39, 0.29) is 19.2 Å². The van der Waals surface area contributed by atoms with Crippen LogP contribution >= 0.6 is 0 Å². The standard InChI is InChI=1S/C12H16O4/c13-8-12(7-6-11(14)16-12)9-15-10-4-2-1-3-5-10/h2,4-5,13H,1,3,6-9H2. The van der Waals surface area contributed by atoms with Crippen LogP contribution < -0.4 is 0 Å². The summed E-state index contributed by atoms with van der Waals surface area (Å²) in [6, 6.07) is 0. The number of carbonyl (C=O) groups excluding carboxylic acids is 1. The lowest BCUT2D eigenvalue weighted by Gasteiger charge is -2.25. The molecule has 1 unspecified atom stereocenters. The third-order valence-electron chi connectivity index (χ3n) is 2.87. The van der Waals surface area contributed by atoms with Crippen molar-refractivity contribution in [1.82, 2.24) is 0 Å². The highest BCUT2D eigenvalue weighted by molar-refractivity contribution is 5.72. The molecule has 1 N–H and O–H groups in total. The number of aliphatic hydroxyl groups is 1. The normalized spacial score (nSPS) is 28.8. The fourth-order valence-electron chi connectivity index (χ4n) is 1.84. The monoisotopic (exact) mass is 224 g/mol. The van der Waals surface area contributed by atoms with Crippen molar-refractivity contribution in [2.45, 2.75) is 31.3 Å². The Kier molecular flexibility index (Phi) is 3.29. The number of rotatable bonds is 4. The molecule has 1 atom stereocenters. The largest absolute Gasteiger partial charge is 0.490 e. The maximum Gasteiger partial charge on any atom is 0.306 e. The summed E-state index contributed by atoms with van der Waals surface area (Å²) in [6.45, 7) is 0.0428. The van der Waals surface area contributed by atoms with Crippen LogP contribution in [0.1, 0.15) is 25.7 Å². The molecule has 0 aromatic carbocycles. The lowest BCUT2D eigenvalue weighted by Crippen LogP contribution is -2.38. The fraction of sp³-hybridized carbons (Fsp3) is 0.583. The van der Waals surface area contributed by atoms with Crippen molar-refractivity contribution >= 4 is 5.97 Å². The predicted molar refractivity (Wildman–Crippen MR) is 57.6 cm³/mol. The number of hydrogen-bond acceptors (Lipinski definition) is 4. The maximum atomic E-state index is 11.1. The molecular weight excluding hydrogens is 208 g/mol. The summed E-state index contributed by atoms with van der Waals surface area (Å²) in [5, 5.41) is 9.27. The fourth-order valence-corrected chi connectivity index (χ4v) is 1.84. The third kappa shape index (κ3) is 2.44. The molecule has 16 heavy (non-hydrogen) atoms. The smallest absolute Gasteiger partial charge is 0.306 e. The number of hydrogen-bond donors (Lipinski definition) is 1. The highest BCUT2D eigenvalue weighted by Gasteiger charge is 2.40. The van der Waals surface area contributed by atoms with Crippen LogP contribution in [0.5, 0.6) is 0 Å². The predicted octanol–water partition coefficient (Wildman–Crippen LogP) is 1.30. The van der Waals surface area contributed by atoms with Crippen molar-refractivity contribution in [3.05, 3.63) is 24.0 Å². The van der Waals surface area contributed by atoms with E-state index < -0.39 is 5.60 Å². The topological polar surface area (TPSA) is 55.8 Å². The second-order valence-corrected chi connectivity index (χ2v) is 4.19. The summed E-state index contributed by atoms with van der Waals surface area (Å²) >= 11 is 0. The molecule has 88 valence electrons. The van der Waals surface area contributed by atoms with Gasteiger partial charge in [-0.25, -0.2) is 0 Å². The van der Waals surface area contributed by atoms with Crippen LogP contribution in [-0.2, 0) is 14.3 Å². The molecule has 1 fully saturated rings. The molecule has 0 bridgehead atoms. The summed E-state index contributed by atoms with van der Waals surface area (Å²) in [5.74, 6) is 0.535. The van der Waals surface area contributed by atoms with Crippen molar-refractivity contribution in [2.24, 2.45) is 0 Å². The van der Waals surface area contributed by atoms with Gasteiger partial charge in [0, 0.05) is 12.8 Å². The summed E-state index contributed by atoms with van der Waals surface area (Å²) in [4.78, 5) is 11.1. The molecule has 0 amide bonds. The number of esters is 1. The molecule has 1 aliphatic heterocycles. The first-order valence-corrected chi connectivity index (χ1v) is 5.56. The van der Waals surface area contributed by atoms with E-state index in [1.807, 2.05) is 18.2 Å². The molecule has 1 heterocycles. The number of cyclic esters (lactones) is 1. The quantitative estimate of drug-likeness (QED) is 0.731. The molecule has 4 nitrogen and oxygen atoms in total. The van der Waals surface area contributed by atoms with E-state index >= 15 is 0 Å². The average Bonchev–Trinajstić information content (AvgIpc) is 2.71. The number of ether oxygens (including phenoxy) is 2. The van der Waals surface area contributed by atoms with Crippen LogP contribution in [0.4, 0.5) is 0 Å². The van der Waals surface area contributed by atoms with E-state index in [9.17, 15) is 9.90 Å². The molecule has 2 rings (SSSR count). The zero-order chi connectivity index (χ0) is 11.4. The molecule has 0 aromatic rings. The minimum atomic E-state index is -0.830. The molecule has 4 heteroatoms. The Morgan fingerprint density at radius 1 is 1.50 bits per heavy atom. The molecule has 0 aromatic heterocycles. The molecule has 0 radical (unpaired) electrons. The van der Waals surface area contributed by atoms with Gasteiger partial charge in [-0.3, -0.25) is 4.79 Å². The van der Waals surface area contributed by atoms with Crippen LogP contribution in [0, 0.1) is 0 Å². The van der Waals surface area contributed by atoms with E-state index in [1.165, 1.54) is 0 Å². The Labute approximate surface area is 94.5 Å². The first-order chi connectivity index (χ1) is 7.74. The average molecular weight is 224 g/mol. The summed E-state index contributed by atoms with van der Waals surface area (Å²) < 4.78 is 10.7. The Hall–Kier alpha value is -1.29. The minimum Gasteiger partial charge on any atom is -0.490 e. The summed E-state index contributed by atoms with van der Waals surface area (Å²) in [5.41, 5.74) is -0.830. The van der Waals surface area contributed by atoms with Gasteiger partial charge in [-0.1, -0.05) is 6.08 Å². The van der Waals surface area contributed by atoms with Crippen LogP contribution in [-0.4, -0.2) is 29.9 Å². The van der Waals surface area contributed by atoms with Gasteiger partial charge in [0.05, 0.1) is 6.61 Å². The van der Waals surface area contributed by atoms with Gasteiger partial charge in [0.15, 0.2) is 5.60 Å². The Balaban J connectivity index is 1.90. The minimum absolute atomic E-state index is 0.185. The third-order valence-corrected chi connectivity index (χ3v) is 2.87. The van der Waals surface area contributed by atoms with Crippen molar-refractivity contribution < 1.29 is 19.4 Å². The summed E-state index contributed by atoms with van der Waals surface area (Å²) in [6.07, 6.45) is 8.84. The molecule has 2 aliphatic rings. The van der Waals surface area contributed by atoms with Gasteiger partial charge in [0.25, 0.3) is 0 Å². The highest BCUT2D eigenvalue weighted by atomic mass is 16.6. The van der Waals surface area contributed by atoms with E-state index in [0.29, 0.717) is 12.8 Å². The van der Waals surface area contributed by atoms with Crippen LogP contribution in [0.2, 0.25) is 0 Å². The van der Waals surface area contributed by atoms with Crippen LogP contribution in [0.3, 0.4) is 0 Å². The molecule has 0 saturated carbocycles. The zero-order valence-electron chi connectivity index (χ0n) is 9.15. The lowest BCUT2D eigenvalue weighted by atomic mass is 10.0. The van der Waals surface area contributed by atoms with E-state index in [2.05, 4.69) is 0 Å². The van der Waals surface area contributed by atoms with Gasteiger partial charge < -0.3 is 14.6 Å². The zero-order valence-corrected chi connectivity index (χ0v) is 9.15. The van der Waals surface area contributed by atoms with Crippen molar-refractivity contribution in [3.63, 3.8) is 0 Å². The first kappa shape index (κ1) is 11.2. The van der Waals surface area contributed by atoms with Gasteiger partial charge in [-0.15, -0.1) is 0 Å². The lowest BCUT2D eigenvalue weighted by molar-refractivity contribution is -0.156. The molecular formula is C12H16O4. The maximum absolute atomic E-state index is 11.1. The van der Waals surface area contributed by atoms with E-state index in [0.717, 1.165) is 18.6 Å². The number of allylic oxidation sites excluding steroid dienone is 3. The Bertz CT molecular complexity index is 332. The van der Waals surface area contributed by atoms with Crippen LogP contribution in [0.25, 0.3) is 0 Å². The van der Waals surface area contributed by atoms with Crippen molar-refractivity contribution in [3.8, 4) is 0 Å². The van der Waals surface area contributed by atoms with E-state index in [4.69, 9.17) is 9.47 Å². The second kappa shape index (κ2) is 4.70. The molecule has 1 saturated heterocycles. The van der Waals surface area contributed by atoms with Crippen molar-refractivity contribution in [1.29, 1.82) is 0 Å². The SMILES string of the molecule is O=C1CCC(CO)(COC2=CCCC=C2)O1. The van der Waals surface area contributed by atoms with Gasteiger partial charge in [-0.05, 0) is 25.0 Å². The van der Waals surface area contributed by atoms with Gasteiger partial charge in [0.2, 0.25) is 0 Å². The van der Waals surface area contributed by atoms with Gasteiger partial charge >= 0.3 is 5.97 Å². The summed E-state index contributed by atoms with van der Waals surface area (Å²) in [7, 11) is 0. The Morgan fingerprint density at radius 2 is 2.38 bits per heavy atom. The Morgan fingerprint density at radius 3 is 2.94 bits per heavy atom. The number of carbonyl (C=O) groups is 1.